The first kappa shape index (κ1) is 16.7. The molecule has 2 saturated carbocycles. The summed E-state index contributed by atoms with van der Waals surface area (Å²) in [5.41, 5.74) is 6.79. The average molecular weight is 326 g/mol. The molecule has 3 atom stereocenters. The van der Waals surface area contributed by atoms with E-state index in [1.165, 1.54) is 31.8 Å². The van der Waals surface area contributed by atoms with E-state index >= 15 is 0 Å². The highest BCUT2D eigenvalue weighted by Crippen LogP contribution is 2.43. The van der Waals surface area contributed by atoms with Crippen molar-refractivity contribution in [3.63, 3.8) is 0 Å². The number of fused-ring (bicyclic) bond motifs is 1. The van der Waals surface area contributed by atoms with Gasteiger partial charge in [0.15, 0.2) is 0 Å². The maximum Gasteiger partial charge on any atom is 0.248 e. The Labute approximate surface area is 143 Å². The zero-order chi connectivity index (χ0) is 17.1. The van der Waals surface area contributed by atoms with Crippen LogP contribution in [-0.2, 0) is 11.3 Å². The van der Waals surface area contributed by atoms with Gasteiger partial charge < -0.3 is 10.6 Å². The van der Waals surface area contributed by atoms with Gasteiger partial charge in [-0.25, -0.2) is 0 Å². The number of amides is 2. The van der Waals surface area contributed by atoms with E-state index in [1.807, 2.05) is 17.0 Å². The number of rotatable bonds is 5. The Bertz CT molecular complexity index is 640. The zero-order valence-corrected chi connectivity index (χ0v) is 14.1. The van der Waals surface area contributed by atoms with E-state index in [-0.39, 0.29) is 11.9 Å². The second kappa shape index (κ2) is 7.20. The van der Waals surface area contributed by atoms with E-state index < -0.39 is 5.91 Å². The van der Waals surface area contributed by atoms with Gasteiger partial charge in [0.05, 0.1) is 0 Å². The van der Waals surface area contributed by atoms with Crippen LogP contribution in [0.4, 0.5) is 0 Å². The van der Waals surface area contributed by atoms with Crippen LogP contribution in [0.3, 0.4) is 0 Å². The first-order chi connectivity index (χ1) is 11.6. The minimum Gasteiger partial charge on any atom is -0.366 e. The smallest absolute Gasteiger partial charge is 0.248 e. The number of nitrogens with two attached hydrogens (primary N) is 1. The topological polar surface area (TPSA) is 63.4 Å². The Morgan fingerprint density at radius 1 is 1.21 bits per heavy atom. The minimum atomic E-state index is -0.440. The molecule has 128 valence electrons. The molecular weight excluding hydrogens is 300 g/mol. The van der Waals surface area contributed by atoms with E-state index in [0.29, 0.717) is 12.1 Å². The normalized spacial score (nSPS) is 25.8. The number of benzene rings is 1. The fraction of sp³-hybridized carbons (Fsp3) is 0.500. The lowest BCUT2D eigenvalue weighted by Gasteiger charge is -2.39. The van der Waals surface area contributed by atoms with Crippen molar-refractivity contribution in [1.29, 1.82) is 0 Å². The fourth-order valence-electron chi connectivity index (χ4n) is 4.48. The zero-order valence-electron chi connectivity index (χ0n) is 14.1. The van der Waals surface area contributed by atoms with Gasteiger partial charge >= 0.3 is 0 Å². The molecule has 3 rings (SSSR count). The standard InChI is InChI=1S/C20H26N2O2/c1-2-19(23)22(13-14-5-3-8-17(11-14)20(21)24)18-10-9-15-6-4-7-16(15)12-18/h2-3,5,8,11,15-16,18H,1,4,6-7,9-10,12-13H2,(H2,21,24). The maximum atomic E-state index is 12.4. The number of nitrogens with zero attached hydrogens (tertiary/aromatic N) is 1. The van der Waals surface area contributed by atoms with Crippen LogP contribution >= 0.6 is 0 Å². The summed E-state index contributed by atoms with van der Waals surface area (Å²) in [7, 11) is 0. The van der Waals surface area contributed by atoms with Crippen molar-refractivity contribution in [3.05, 3.63) is 48.0 Å². The second-order valence-corrected chi connectivity index (χ2v) is 7.15. The van der Waals surface area contributed by atoms with E-state index in [4.69, 9.17) is 5.73 Å². The molecule has 4 nitrogen and oxygen atoms in total. The van der Waals surface area contributed by atoms with Gasteiger partial charge in [-0.3, -0.25) is 9.59 Å². The summed E-state index contributed by atoms with van der Waals surface area (Å²) >= 11 is 0. The Balaban J connectivity index is 1.77. The van der Waals surface area contributed by atoms with E-state index in [1.54, 1.807) is 12.1 Å². The van der Waals surface area contributed by atoms with E-state index in [9.17, 15) is 9.59 Å². The van der Waals surface area contributed by atoms with Gasteiger partial charge in [0, 0.05) is 18.2 Å². The lowest BCUT2D eigenvalue weighted by atomic mass is 9.78. The van der Waals surface area contributed by atoms with Crippen LogP contribution < -0.4 is 5.73 Å². The van der Waals surface area contributed by atoms with Gasteiger partial charge in [-0.1, -0.05) is 38.0 Å². The van der Waals surface area contributed by atoms with Crippen LogP contribution in [0.5, 0.6) is 0 Å². The van der Waals surface area contributed by atoms with Crippen molar-refractivity contribution in [2.45, 2.75) is 51.1 Å². The number of hydrogen-bond acceptors (Lipinski definition) is 2. The number of hydrogen-bond donors (Lipinski definition) is 1. The molecule has 2 aliphatic carbocycles. The van der Waals surface area contributed by atoms with Gasteiger partial charge in [0.2, 0.25) is 11.8 Å². The van der Waals surface area contributed by atoms with Crippen molar-refractivity contribution in [2.75, 3.05) is 0 Å². The molecule has 2 aliphatic rings. The summed E-state index contributed by atoms with van der Waals surface area (Å²) < 4.78 is 0. The minimum absolute atomic E-state index is 0.0269. The summed E-state index contributed by atoms with van der Waals surface area (Å²) in [6, 6.07) is 7.52. The summed E-state index contributed by atoms with van der Waals surface area (Å²) in [6.07, 6.45) is 8.77. The molecule has 2 fully saturated rings. The van der Waals surface area contributed by atoms with Gasteiger partial charge in [-0.2, -0.15) is 0 Å². The molecule has 0 heterocycles. The SMILES string of the molecule is C=CC(=O)N(Cc1cccc(C(N)=O)c1)C1CCC2CCCC2C1. The van der Waals surface area contributed by atoms with Crippen molar-refractivity contribution in [1.82, 2.24) is 4.90 Å². The first-order valence-corrected chi connectivity index (χ1v) is 8.90. The Kier molecular flexibility index (Phi) is 5.03. The molecule has 2 amide bonds. The van der Waals surface area contributed by atoms with Crippen LogP contribution in [0.25, 0.3) is 0 Å². The second-order valence-electron chi connectivity index (χ2n) is 7.15. The van der Waals surface area contributed by atoms with Crippen molar-refractivity contribution in [3.8, 4) is 0 Å². The first-order valence-electron chi connectivity index (χ1n) is 8.90. The van der Waals surface area contributed by atoms with Crippen LogP contribution in [0.1, 0.15) is 54.4 Å². The van der Waals surface area contributed by atoms with Crippen molar-refractivity contribution >= 4 is 11.8 Å². The average Bonchev–Trinajstić information content (AvgIpc) is 3.07. The molecule has 0 aromatic heterocycles. The van der Waals surface area contributed by atoms with Crippen molar-refractivity contribution in [2.24, 2.45) is 17.6 Å². The van der Waals surface area contributed by atoms with Crippen LogP contribution in [0.15, 0.2) is 36.9 Å². The monoisotopic (exact) mass is 326 g/mol. The Morgan fingerprint density at radius 2 is 2.00 bits per heavy atom. The highest BCUT2D eigenvalue weighted by atomic mass is 16.2. The fourth-order valence-corrected chi connectivity index (χ4v) is 4.48. The summed E-state index contributed by atoms with van der Waals surface area (Å²) in [4.78, 5) is 25.8. The molecule has 24 heavy (non-hydrogen) atoms. The van der Waals surface area contributed by atoms with Crippen LogP contribution in [-0.4, -0.2) is 22.8 Å². The molecular formula is C20H26N2O2. The van der Waals surface area contributed by atoms with Crippen LogP contribution in [0, 0.1) is 11.8 Å². The maximum absolute atomic E-state index is 12.4. The van der Waals surface area contributed by atoms with Gasteiger partial charge in [-0.05, 0) is 54.9 Å². The Hall–Kier alpha value is -2.10. The molecule has 1 aromatic carbocycles. The van der Waals surface area contributed by atoms with Gasteiger partial charge in [0.25, 0.3) is 0 Å². The number of carbonyl (C=O) groups is 2. The summed E-state index contributed by atoms with van der Waals surface area (Å²) in [5.74, 6) is 1.16. The number of carbonyl (C=O) groups excluding carboxylic acids is 2. The third-order valence-electron chi connectivity index (χ3n) is 5.72. The predicted molar refractivity (Wildman–Crippen MR) is 94.2 cm³/mol. The molecule has 0 saturated heterocycles. The lowest BCUT2D eigenvalue weighted by molar-refractivity contribution is -0.130. The highest BCUT2D eigenvalue weighted by molar-refractivity contribution is 5.93. The lowest BCUT2D eigenvalue weighted by Crippen LogP contribution is -2.42. The van der Waals surface area contributed by atoms with Gasteiger partial charge in [0.1, 0.15) is 0 Å². The van der Waals surface area contributed by atoms with Crippen LogP contribution in [0.2, 0.25) is 0 Å². The summed E-state index contributed by atoms with van der Waals surface area (Å²) in [6.45, 7) is 4.17. The predicted octanol–water partition coefficient (Wildman–Crippen LogP) is 3.27. The molecule has 4 heteroatoms. The number of primary amides is 1. The third kappa shape index (κ3) is 3.53. The molecule has 0 aliphatic heterocycles. The molecule has 0 radical (unpaired) electrons. The van der Waals surface area contributed by atoms with Gasteiger partial charge in [-0.15, -0.1) is 0 Å². The molecule has 3 unspecified atom stereocenters. The van der Waals surface area contributed by atoms with Crippen molar-refractivity contribution < 1.29 is 9.59 Å². The van der Waals surface area contributed by atoms with E-state index in [2.05, 4.69) is 6.58 Å². The quantitative estimate of drug-likeness (QED) is 0.844. The third-order valence-corrected chi connectivity index (χ3v) is 5.72. The molecule has 2 N–H and O–H groups in total. The highest BCUT2D eigenvalue weighted by Gasteiger charge is 2.36. The molecule has 1 aromatic rings. The summed E-state index contributed by atoms with van der Waals surface area (Å²) in [5, 5.41) is 0. The molecule has 0 spiro atoms. The van der Waals surface area contributed by atoms with E-state index in [0.717, 1.165) is 30.2 Å². The largest absolute Gasteiger partial charge is 0.366 e. The Morgan fingerprint density at radius 3 is 2.75 bits per heavy atom. The molecule has 0 bridgehead atoms.